The summed E-state index contributed by atoms with van der Waals surface area (Å²) in [7, 11) is 0. The quantitative estimate of drug-likeness (QED) is 0.531. The van der Waals surface area contributed by atoms with Gasteiger partial charge in [-0.2, -0.15) is 0 Å². The van der Waals surface area contributed by atoms with Crippen molar-refractivity contribution < 1.29 is 19.1 Å². The summed E-state index contributed by atoms with van der Waals surface area (Å²) >= 11 is 0. The largest absolute Gasteiger partial charge is 0.449 e. The number of ether oxygens (including phenoxy) is 1. The highest BCUT2D eigenvalue weighted by atomic mass is 16.5. The summed E-state index contributed by atoms with van der Waals surface area (Å²) < 4.78 is 4.54. The summed E-state index contributed by atoms with van der Waals surface area (Å²) in [6.07, 6.45) is 0.668. The van der Waals surface area contributed by atoms with Gasteiger partial charge in [0.05, 0.1) is 6.61 Å². The van der Waals surface area contributed by atoms with E-state index in [9.17, 15) is 14.4 Å². The van der Waals surface area contributed by atoms with E-state index < -0.39 is 12.0 Å². The second-order valence-electron chi connectivity index (χ2n) is 3.16. The Balaban J connectivity index is 2.52. The van der Waals surface area contributed by atoms with Gasteiger partial charge in [-0.1, -0.05) is 0 Å². The van der Waals surface area contributed by atoms with Gasteiger partial charge in [0.2, 0.25) is 0 Å². The van der Waals surface area contributed by atoms with Gasteiger partial charge in [-0.15, -0.1) is 0 Å². The number of hydrogen-bond acceptors (Lipinski definition) is 4. The summed E-state index contributed by atoms with van der Waals surface area (Å²) in [6.45, 7) is 3.24. The van der Waals surface area contributed by atoms with E-state index in [1.807, 2.05) is 0 Å². The zero-order valence-electron chi connectivity index (χ0n) is 9.49. The first-order chi connectivity index (χ1) is 8.04. The molecule has 0 bridgehead atoms. The van der Waals surface area contributed by atoms with Crippen LogP contribution in [0.1, 0.15) is 34.7 Å². The van der Waals surface area contributed by atoms with E-state index in [0.717, 1.165) is 0 Å². The zero-order chi connectivity index (χ0) is 12.8. The predicted octanol–water partition coefficient (Wildman–Crippen LogP) is 0.608. The molecule has 17 heavy (non-hydrogen) atoms. The van der Waals surface area contributed by atoms with E-state index in [1.54, 1.807) is 6.92 Å². The van der Waals surface area contributed by atoms with Crippen molar-refractivity contribution in [1.29, 1.82) is 0 Å². The summed E-state index contributed by atoms with van der Waals surface area (Å²) in [5, 5.41) is 0. The van der Waals surface area contributed by atoms with Crippen molar-refractivity contribution in [2.24, 2.45) is 0 Å². The van der Waals surface area contributed by atoms with Crippen LogP contribution >= 0.6 is 0 Å². The first kappa shape index (κ1) is 12.8. The fourth-order valence-electron chi connectivity index (χ4n) is 1.07. The van der Waals surface area contributed by atoms with Gasteiger partial charge < -0.3 is 9.72 Å². The number of carbonyl (C=O) groups is 3. The Kier molecular flexibility index (Phi) is 4.27. The molecule has 0 aromatic carbocycles. The molecule has 0 fully saturated rings. The number of Topliss-reactive ketones (excluding diaryl/α,β-unsaturated/α-hetero) is 1. The van der Waals surface area contributed by atoms with Crippen LogP contribution in [0.15, 0.2) is 12.3 Å². The Bertz CT molecular complexity index is 439. The molecule has 0 aliphatic heterocycles. The SMILES string of the molecule is CCOC(=O)NNC(=O)c1cc(C(C)=O)c[nH]1. The minimum Gasteiger partial charge on any atom is -0.449 e. The molecular formula is C10H13N3O4. The molecule has 0 spiro atoms. The lowest BCUT2D eigenvalue weighted by Gasteiger charge is -2.05. The molecule has 0 unspecified atom stereocenters. The topological polar surface area (TPSA) is 100 Å². The molecule has 1 heterocycles. The number of hydrogen-bond donors (Lipinski definition) is 3. The number of hydrazine groups is 1. The second kappa shape index (κ2) is 5.69. The lowest BCUT2D eigenvalue weighted by atomic mass is 10.2. The van der Waals surface area contributed by atoms with Gasteiger partial charge in [-0.3, -0.25) is 15.0 Å². The van der Waals surface area contributed by atoms with Crippen LogP contribution in [0.3, 0.4) is 0 Å². The van der Waals surface area contributed by atoms with Crippen LogP contribution in [0.5, 0.6) is 0 Å². The van der Waals surface area contributed by atoms with Gasteiger partial charge >= 0.3 is 6.09 Å². The Hall–Kier alpha value is -2.31. The van der Waals surface area contributed by atoms with E-state index in [2.05, 4.69) is 20.6 Å². The number of rotatable bonds is 3. The van der Waals surface area contributed by atoms with Crippen LogP contribution in [0.4, 0.5) is 4.79 Å². The molecule has 3 N–H and O–H groups in total. The van der Waals surface area contributed by atoms with Crippen molar-refractivity contribution in [3.8, 4) is 0 Å². The third-order valence-electron chi connectivity index (χ3n) is 1.89. The van der Waals surface area contributed by atoms with Gasteiger partial charge in [0.25, 0.3) is 5.91 Å². The number of H-pyrrole nitrogens is 1. The van der Waals surface area contributed by atoms with Crippen LogP contribution in [-0.2, 0) is 4.74 Å². The molecule has 1 aromatic heterocycles. The molecule has 0 saturated carbocycles. The van der Waals surface area contributed by atoms with Crippen LogP contribution in [0.2, 0.25) is 0 Å². The first-order valence-electron chi connectivity index (χ1n) is 4.97. The number of carbonyl (C=O) groups excluding carboxylic acids is 3. The Morgan fingerprint density at radius 1 is 1.35 bits per heavy atom. The van der Waals surface area contributed by atoms with E-state index in [4.69, 9.17) is 0 Å². The number of nitrogens with one attached hydrogen (secondary N) is 3. The van der Waals surface area contributed by atoms with Crippen molar-refractivity contribution in [2.75, 3.05) is 6.61 Å². The normalized spacial score (nSPS) is 9.53. The maximum atomic E-state index is 11.5. The molecule has 0 saturated heterocycles. The molecule has 7 heteroatoms. The van der Waals surface area contributed by atoms with E-state index >= 15 is 0 Å². The van der Waals surface area contributed by atoms with Gasteiger partial charge in [0.15, 0.2) is 5.78 Å². The Labute approximate surface area is 97.5 Å². The summed E-state index contributed by atoms with van der Waals surface area (Å²) in [4.78, 5) is 36.0. The van der Waals surface area contributed by atoms with Crippen LogP contribution in [-0.4, -0.2) is 29.4 Å². The monoisotopic (exact) mass is 239 g/mol. The number of amides is 2. The molecule has 0 aliphatic rings. The number of aromatic amines is 1. The van der Waals surface area contributed by atoms with Gasteiger partial charge in [0, 0.05) is 11.8 Å². The maximum absolute atomic E-state index is 11.5. The van der Waals surface area contributed by atoms with E-state index in [-0.39, 0.29) is 18.1 Å². The second-order valence-corrected chi connectivity index (χ2v) is 3.16. The summed E-state index contributed by atoms with van der Waals surface area (Å²) in [5.41, 5.74) is 4.75. The molecule has 1 aromatic rings. The fourth-order valence-corrected chi connectivity index (χ4v) is 1.07. The molecule has 1 rings (SSSR count). The van der Waals surface area contributed by atoms with Crippen LogP contribution in [0.25, 0.3) is 0 Å². The molecule has 0 aliphatic carbocycles. The van der Waals surface area contributed by atoms with Gasteiger partial charge in [-0.25, -0.2) is 10.2 Å². The Morgan fingerprint density at radius 2 is 2.06 bits per heavy atom. The first-order valence-corrected chi connectivity index (χ1v) is 4.97. The molecule has 0 radical (unpaired) electrons. The molecule has 7 nitrogen and oxygen atoms in total. The molecule has 92 valence electrons. The van der Waals surface area contributed by atoms with Crippen LogP contribution < -0.4 is 10.9 Å². The Morgan fingerprint density at radius 3 is 2.59 bits per heavy atom. The standard InChI is InChI=1S/C10H13N3O4/c1-3-17-10(16)13-12-9(15)8-4-7(5-11-8)6(2)14/h4-5,11H,3H2,1-2H3,(H,12,15)(H,13,16). The van der Waals surface area contributed by atoms with E-state index in [0.29, 0.717) is 5.56 Å². The van der Waals surface area contributed by atoms with Crippen LogP contribution in [0, 0.1) is 0 Å². The molecule has 2 amide bonds. The third kappa shape index (κ3) is 3.63. The highest BCUT2D eigenvalue weighted by molar-refractivity contribution is 5.99. The molecular weight excluding hydrogens is 226 g/mol. The van der Waals surface area contributed by atoms with E-state index in [1.165, 1.54) is 19.2 Å². The minimum absolute atomic E-state index is 0.154. The number of aromatic nitrogens is 1. The number of ketones is 1. The zero-order valence-corrected chi connectivity index (χ0v) is 9.49. The smallest absolute Gasteiger partial charge is 0.426 e. The summed E-state index contributed by atoms with van der Waals surface area (Å²) in [5.74, 6) is -0.718. The molecule has 0 atom stereocenters. The lowest BCUT2D eigenvalue weighted by molar-refractivity contribution is 0.0908. The van der Waals surface area contributed by atoms with Crippen molar-refractivity contribution in [3.05, 3.63) is 23.5 Å². The average molecular weight is 239 g/mol. The highest BCUT2D eigenvalue weighted by Crippen LogP contribution is 2.03. The minimum atomic E-state index is -0.751. The van der Waals surface area contributed by atoms with Crippen molar-refractivity contribution in [3.63, 3.8) is 0 Å². The van der Waals surface area contributed by atoms with Crippen molar-refractivity contribution >= 4 is 17.8 Å². The van der Waals surface area contributed by atoms with Gasteiger partial charge in [0.1, 0.15) is 5.69 Å². The maximum Gasteiger partial charge on any atom is 0.426 e. The fraction of sp³-hybridized carbons (Fsp3) is 0.300. The summed E-state index contributed by atoms with van der Waals surface area (Å²) in [6, 6.07) is 1.39. The average Bonchev–Trinajstić information content (AvgIpc) is 2.75. The van der Waals surface area contributed by atoms with Gasteiger partial charge in [-0.05, 0) is 19.9 Å². The van der Waals surface area contributed by atoms with Crippen molar-refractivity contribution in [1.82, 2.24) is 15.8 Å². The lowest BCUT2D eigenvalue weighted by Crippen LogP contribution is -2.42. The third-order valence-corrected chi connectivity index (χ3v) is 1.89. The predicted molar refractivity (Wildman–Crippen MR) is 58.4 cm³/mol. The highest BCUT2D eigenvalue weighted by Gasteiger charge is 2.11. The van der Waals surface area contributed by atoms with Crippen molar-refractivity contribution in [2.45, 2.75) is 13.8 Å².